The average Bonchev–Trinajstić information content (AvgIpc) is 3.11. The molecule has 29 heavy (non-hydrogen) atoms. The van der Waals surface area contributed by atoms with E-state index in [9.17, 15) is 0 Å². The Balaban J connectivity index is 1.62. The van der Waals surface area contributed by atoms with Gasteiger partial charge in [-0.3, -0.25) is 9.98 Å². The summed E-state index contributed by atoms with van der Waals surface area (Å²) in [5, 5.41) is 2.25. The first-order valence-corrected chi connectivity index (χ1v) is 9.87. The summed E-state index contributed by atoms with van der Waals surface area (Å²) in [6, 6.07) is 12.7. The molecule has 2 aromatic carbocycles. The van der Waals surface area contributed by atoms with Gasteiger partial charge in [0.2, 0.25) is 0 Å². The van der Waals surface area contributed by atoms with Crippen LogP contribution >= 0.6 is 0 Å². The van der Waals surface area contributed by atoms with Crippen LogP contribution in [0.3, 0.4) is 0 Å². The van der Waals surface area contributed by atoms with Gasteiger partial charge in [-0.2, -0.15) is 0 Å². The fourth-order valence-corrected chi connectivity index (χ4v) is 4.43. The molecule has 2 atom stereocenters. The average molecular weight is 378 g/mol. The molecule has 0 bridgehead atoms. The SMILES string of the molecule is C=CC/C(C=C)=N\CC1=CC2N=C(C=C)c3c(ccc4c3oc3ccccc34)C12. The third-order valence-corrected chi connectivity index (χ3v) is 5.83. The number of para-hydroxylation sites is 1. The van der Waals surface area contributed by atoms with Crippen molar-refractivity contribution < 1.29 is 4.42 Å². The Morgan fingerprint density at radius 2 is 1.97 bits per heavy atom. The topological polar surface area (TPSA) is 37.9 Å². The standard InChI is InChI=1S/C26H22N2O/c1-4-9-17(5-2)27-15-16-14-22-24(16)20-13-12-19-18-10-7-8-11-23(18)29-26(19)25(20)21(6-3)28-22/h4-8,10-14,22,24H,1-3,9,15H2/b27-17-. The van der Waals surface area contributed by atoms with Crippen molar-refractivity contribution in [2.45, 2.75) is 18.4 Å². The largest absolute Gasteiger partial charge is 0.455 e. The van der Waals surface area contributed by atoms with Gasteiger partial charge in [0, 0.05) is 34.4 Å². The summed E-state index contributed by atoms with van der Waals surface area (Å²) in [6.45, 7) is 12.3. The number of fused-ring (bicyclic) bond motifs is 7. The van der Waals surface area contributed by atoms with Crippen LogP contribution in [0, 0.1) is 0 Å². The van der Waals surface area contributed by atoms with Gasteiger partial charge in [0.15, 0.2) is 0 Å². The lowest BCUT2D eigenvalue weighted by Gasteiger charge is -2.38. The summed E-state index contributed by atoms with van der Waals surface area (Å²) in [7, 11) is 0. The van der Waals surface area contributed by atoms with Crippen molar-refractivity contribution in [3.8, 4) is 0 Å². The zero-order chi connectivity index (χ0) is 20.0. The number of aliphatic imine (C=N–C) groups is 2. The molecule has 2 aliphatic rings. The second-order valence-electron chi connectivity index (χ2n) is 7.44. The predicted octanol–water partition coefficient (Wildman–Crippen LogP) is 6.17. The van der Waals surface area contributed by atoms with E-state index in [-0.39, 0.29) is 12.0 Å². The van der Waals surface area contributed by atoms with Crippen LogP contribution in [0.15, 0.2) is 100 Å². The van der Waals surface area contributed by atoms with Crippen molar-refractivity contribution >= 4 is 33.4 Å². The van der Waals surface area contributed by atoms with E-state index in [0.717, 1.165) is 45.3 Å². The van der Waals surface area contributed by atoms with Crippen LogP contribution in [-0.2, 0) is 0 Å². The first-order chi connectivity index (χ1) is 14.2. The summed E-state index contributed by atoms with van der Waals surface area (Å²) in [6.07, 6.45) is 8.45. The fourth-order valence-electron chi connectivity index (χ4n) is 4.43. The summed E-state index contributed by atoms with van der Waals surface area (Å²) >= 11 is 0. The molecule has 142 valence electrons. The third kappa shape index (κ3) is 2.65. The second kappa shape index (κ2) is 6.85. The van der Waals surface area contributed by atoms with Crippen LogP contribution in [0.25, 0.3) is 21.9 Å². The van der Waals surface area contributed by atoms with E-state index in [2.05, 4.69) is 44.0 Å². The summed E-state index contributed by atoms with van der Waals surface area (Å²) in [5.74, 6) is 0.241. The van der Waals surface area contributed by atoms with Gasteiger partial charge in [-0.25, -0.2) is 0 Å². The molecule has 0 saturated carbocycles. The van der Waals surface area contributed by atoms with E-state index in [1.165, 1.54) is 11.1 Å². The Morgan fingerprint density at radius 3 is 2.76 bits per heavy atom. The maximum Gasteiger partial charge on any atom is 0.145 e. The zero-order valence-corrected chi connectivity index (χ0v) is 16.3. The lowest BCUT2D eigenvalue weighted by atomic mass is 9.71. The molecule has 0 saturated heterocycles. The van der Waals surface area contributed by atoms with Crippen LogP contribution in [0.5, 0.6) is 0 Å². The Hall–Kier alpha value is -3.46. The van der Waals surface area contributed by atoms with Crippen molar-refractivity contribution in [3.63, 3.8) is 0 Å². The number of furan rings is 1. The number of nitrogens with zero attached hydrogens (tertiary/aromatic N) is 2. The van der Waals surface area contributed by atoms with Crippen molar-refractivity contribution in [1.82, 2.24) is 0 Å². The minimum Gasteiger partial charge on any atom is -0.455 e. The van der Waals surface area contributed by atoms with Crippen LogP contribution in [0.1, 0.15) is 23.5 Å². The molecule has 3 heteroatoms. The molecular formula is C26H22N2O. The molecule has 1 aliphatic carbocycles. The Bertz CT molecular complexity index is 1270. The molecule has 1 aliphatic heterocycles. The number of hydrogen-bond acceptors (Lipinski definition) is 3. The quantitative estimate of drug-likeness (QED) is 0.373. The lowest BCUT2D eigenvalue weighted by Crippen LogP contribution is -2.34. The smallest absolute Gasteiger partial charge is 0.145 e. The van der Waals surface area contributed by atoms with Gasteiger partial charge >= 0.3 is 0 Å². The van der Waals surface area contributed by atoms with Gasteiger partial charge in [0.1, 0.15) is 11.2 Å². The van der Waals surface area contributed by atoms with Crippen molar-refractivity contribution in [3.05, 3.63) is 97.1 Å². The number of hydrogen-bond donors (Lipinski definition) is 0. The summed E-state index contributed by atoms with van der Waals surface area (Å²) < 4.78 is 6.27. The maximum atomic E-state index is 6.27. The van der Waals surface area contributed by atoms with Crippen molar-refractivity contribution in [2.24, 2.45) is 9.98 Å². The molecule has 2 heterocycles. The first-order valence-electron chi connectivity index (χ1n) is 9.87. The normalized spacial score (nSPS) is 20.3. The number of benzene rings is 2. The summed E-state index contributed by atoms with van der Waals surface area (Å²) in [4.78, 5) is 9.66. The molecule has 0 radical (unpaired) electrons. The van der Waals surface area contributed by atoms with E-state index in [1.807, 2.05) is 30.4 Å². The van der Waals surface area contributed by atoms with Crippen LogP contribution in [0.2, 0.25) is 0 Å². The van der Waals surface area contributed by atoms with E-state index in [0.29, 0.717) is 6.54 Å². The molecule has 0 fully saturated rings. The summed E-state index contributed by atoms with van der Waals surface area (Å²) in [5.41, 5.74) is 7.28. The number of allylic oxidation sites excluding steroid dienone is 3. The minimum atomic E-state index is 0.147. The van der Waals surface area contributed by atoms with Gasteiger partial charge in [0.25, 0.3) is 0 Å². The third-order valence-electron chi connectivity index (χ3n) is 5.83. The molecule has 1 aromatic heterocycles. The second-order valence-corrected chi connectivity index (χ2v) is 7.44. The highest BCUT2D eigenvalue weighted by Crippen LogP contribution is 2.47. The van der Waals surface area contributed by atoms with E-state index in [4.69, 9.17) is 14.4 Å². The molecule has 3 aromatic rings. The van der Waals surface area contributed by atoms with Gasteiger partial charge in [-0.1, -0.05) is 55.6 Å². The van der Waals surface area contributed by atoms with Gasteiger partial charge in [-0.15, -0.1) is 6.58 Å². The minimum absolute atomic E-state index is 0.147. The highest BCUT2D eigenvalue weighted by atomic mass is 16.3. The molecule has 5 rings (SSSR count). The van der Waals surface area contributed by atoms with Crippen molar-refractivity contribution in [1.29, 1.82) is 0 Å². The monoisotopic (exact) mass is 378 g/mol. The molecule has 0 N–H and O–H groups in total. The molecular weight excluding hydrogens is 356 g/mol. The Labute approximate surface area is 170 Å². The van der Waals surface area contributed by atoms with E-state index in [1.54, 1.807) is 6.08 Å². The Morgan fingerprint density at radius 1 is 1.10 bits per heavy atom. The van der Waals surface area contributed by atoms with Crippen LogP contribution < -0.4 is 0 Å². The van der Waals surface area contributed by atoms with E-state index >= 15 is 0 Å². The lowest BCUT2D eigenvalue weighted by molar-refractivity contribution is 0.594. The maximum absolute atomic E-state index is 6.27. The Kier molecular flexibility index (Phi) is 4.17. The molecule has 0 amide bonds. The highest BCUT2D eigenvalue weighted by Gasteiger charge is 2.39. The highest BCUT2D eigenvalue weighted by molar-refractivity contribution is 6.20. The van der Waals surface area contributed by atoms with Crippen LogP contribution in [-0.4, -0.2) is 24.0 Å². The number of rotatable bonds is 6. The van der Waals surface area contributed by atoms with E-state index < -0.39 is 0 Å². The van der Waals surface area contributed by atoms with Gasteiger partial charge in [-0.05, 0) is 29.4 Å². The zero-order valence-electron chi connectivity index (χ0n) is 16.3. The van der Waals surface area contributed by atoms with Crippen LogP contribution in [0.4, 0.5) is 0 Å². The van der Waals surface area contributed by atoms with Gasteiger partial charge < -0.3 is 4.42 Å². The molecule has 3 nitrogen and oxygen atoms in total. The first kappa shape index (κ1) is 17.6. The molecule has 2 unspecified atom stereocenters. The fraction of sp³-hybridized carbons (Fsp3) is 0.154. The van der Waals surface area contributed by atoms with Crippen molar-refractivity contribution in [2.75, 3.05) is 6.54 Å². The molecule has 0 spiro atoms. The predicted molar refractivity (Wildman–Crippen MR) is 122 cm³/mol. The van der Waals surface area contributed by atoms with Gasteiger partial charge in [0.05, 0.1) is 18.3 Å².